The van der Waals surface area contributed by atoms with E-state index in [0.29, 0.717) is 65.9 Å². The Morgan fingerprint density at radius 2 is 1.59 bits per heavy atom. The van der Waals surface area contributed by atoms with E-state index in [2.05, 4.69) is 30.6 Å². The minimum atomic E-state index is -0.760. The summed E-state index contributed by atoms with van der Waals surface area (Å²) in [6.45, 7) is 4.47. The second kappa shape index (κ2) is 24.8. The first-order valence-corrected chi connectivity index (χ1v) is 25.9. The summed E-state index contributed by atoms with van der Waals surface area (Å²) in [6, 6.07) is 18.1. The molecular weight excluding hydrogens is 973 g/mol. The number of nitrogens with zero attached hydrogens (tertiary/aromatic N) is 7. The van der Waals surface area contributed by atoms with E-state index in [1.54, 1.807) is 70.9 Å². The first kappa shape index (κ1) is 52.5. The lowest BCUT2D eigenvalue weighted by Gasteiger charge is -2.29. The molecule has 4 aromatic rings. The number of nitrogens with two attached hydrogens (primary N) is 1. The van der Waals surface area contributed by atoms with E-state index in [1.807, 2.05) is 31.2 Å². The third kappa shape index (κ3) is 13.3. The van der Waals surface area contributed by atoms with E-state index in [0.717, 1.165) is 57.2 Å². The molecule has 0 unspecified atom stereocenters. The lowest BCUT2D eigenvalue weighted by atomic mass is 9.92. The van der Waals surface area contributed by atoms with Gasteiger partial charge in [0.2, 0.25) is 23.6 Å². The highest BCUT2D eigenvalue weighted by molar-refractivity contribution is 8.08. The number of amidine groups is 1. The Kier molecular flexibility index (Phi) is 17.8. The number of hydrogen-bond acceptors (Lipinski definition) is 16. The van der Waals surface area contributed by atoms with Gasteiger partial charge in [0, 0.05) is 87.8 Å². The summed E-state index contributed by atoms with van der Waals surface area (Å²) >= 11 is 2.21. The van der Waals surface area contributed by atoms with Gasteiger partial charge in [0.05, 0.1) is 72.3 Å². The Bertz CT molecular complexity index is 2740. The number of thioether (sulfide) groups is 2. The van der Waals surface area contributed by atoms with Crippen molar-refractivity contribution >= 4 is 82.3 Å². The molecule has 73 heavy (non-hydrogen) atoms. The van der Waals surface area contributed by atoms with E-state index in [-0.39, 0.29) is 111 Å². The molecule has 3 aromatic heterocycles. The Morgan fingerprint density at radius 1 is 0.877 bits per heavy atom. The van der Waals surface area contributed by atoms with Crippen LogP contribution < -0.4 is 16.4 Å². The summed E-state index contributed by atoms with van der Waals surface area (Å²) in [4.78, 5) is 103. The number of benzene rings is 1. The normalized spacial score (nSPS) is 15.8. The quantitative estimate of drug-likeness (QED) is 0.0556. The molecule has 0 saturated heterocycles. The predicted octanol–water partition coefficient (Wildman–Crippen LogP) is 4.53. The maximum absolute atomic E-state index is 13.9. The van der Waals surface area contributed by atoms with E-state index in [1.165, 1.54) is 0 Å². The predicted molar refractivity (Wildman–Crippen MR) is 275 cm³/mol. The third-order valence-electron chi connectivity index (χ3n) is 12.5. The van der Waals surface area contributed by atoms with Crippen molar-refractivity contribution in [1.82, 2.24) is 35.0 Å². The van der Waals surface area contributed by atoms with Gasteiger partial charge in [0.15, 0.2) is 0 Å². The van der Waals surface area contributed by atoms with Crippen LogP contribution in [0.1, 0.15) is 67.8 Å². The van der Waals surface area contributed by atoms with E-state index in [4.69, 9.17) is 15.2 Å². The van der Waals surface area contributed by atoms with E-state index < -0.39 is 17.2 Å². The fourth-order valence-electron chi connectivity index (χ4n) is 8.61. The number of aliphatic imine (C=N–C) groups is 1. The third-order valence-corrected chi connectivity index (χ3v) is 14.7. The number of nitrogens with one attached hydrogen (secondary N) is 2. The van der Waals surface area contributed by atoms with E-state index >= 15 is 0 Å². The molecule has 5 N–H and O–H groups in total. The lowest BCUT2D eigenvalue weighted by molar-refractivity contribution is -0.137. The second-order valence-electron chi connectivity index (χ2n) is 17.7. The maximum Gasteiger partial charge on any atom is 0.268 e. The van der Waals surface area contributed by atoms with Gasteiger partial charge in [0.1, 0.15) is 15.9 Å². The van der Waals surface area contributed by atoms with Gasteiger partial charge in [-0.2, -0.15) is 0 Å². The van der Waals surface area contributed by atoms with Crippen LogP contribution in [0.3, 0.4) is 0 Å². The highest BCUT2D eigenvalue weighted by Gasteiger charge is 2.51. The van der Waals surface area contributed by atoms with Crippen LogP contribution in [0.25, 0.3) is 6.08 Å². The first-order chi connectivity index (χ1) is 35.5. The average Bonchev–Trinajstić information content (AvgIpc) is 4.20. The molecule has 382 valence electrons. The summed E-state index contributed by atoms with van der Waals surface area (Å²) in [5.41, 5.74) is 10.4. The van der Waals surface area contributed by atoms with Crippen LogP contribution in [0.15, 0.2) is 110 Å². The summed E-state index contributed by atoms with van der Waals surface area (Å²) in [7, 11) is 0. The molecule has 1 saturated carbocycles. The molecule has 19 nitrogen and oxygen atoms in total. The summed E-state index contributed by atoms with van der Waals surface area (Å²) in [5, 5.41) is 16.5. The lowest BCUT2D eigenvalue weighted by Crippen LogP contribution is -2.37. The van der Waals surface area contributed by atoms with Gasteiger partial charge < -0.3 is 40.7 Å². The van der Waals surface area contributed by atoms with Gasteiger partial charge >= 0.3 is 0 Å². The van der Waals surface area contributed by atoms with Crippen molar-refractivity contribution in [3.8, 4) is 0 Å². The molecule has 8 rings (SSSR count). The van der Waals surface area contributed by atoms with Crippen molar-refractivity contribution in [2.75, 3.05) is 71.1 Å². The number of aliphatic hydroxyl groups excluding tert-OH is 1. The number of amides is 6. The van der Waals surface area contributed by atoms with Crippen molar-refractivity contribution in [2.24, 2.45) is 10.7 Å². The van der Waals surface area contributed by atoms with Crippen molar-refractivity contribution in [3.63, 3.8) is 0 Å². The van der Waals surface area contributed by atoms with Crippen LogP contribution >= 0.6 is 23.5 Å². The molecule has 4 aliphatic rings. The van der Waals surface area contributed by atoms with Gasteiger partial charge in [-0.25, -0.2) is 15.0 Å². The molecule has 1 aliphatic carbocycles. The average molecular weight is 1030 g/mol. The van der Waals surface area contributed by atoms with Crippen molar-refractivity contribution in [1.29, 1.82) is 0 Å². The number of hydrogen-bond donors (Lipinski definition) is 4. The van der Waals surface area contributed by atoms with Gasteiger partial charge in [0.25, 0.3) is 11.8 Å². The van der Waals surface area contributed by atoms with Crippen molar-refractivity contribution in [2.45, 2.75) is 73.9 Å². The number of anilines is 1. The highest BCUT2D eigenvalue weighted by atomic mass is 32.2. The number of fused-ring (bicyclic) bond motifs is 2. The number of ether oxygens (including phenoxy) is 2. The number of pyridine rings is 3. The van der Waals surface area contributed by atoms with Crippen LogP contribution in [-0.2, 0) is 56.6 Å². The summed E-state index contributed by atoms with van der Waals surface area (Å²) < 4.78 is 11.3. The minimum Gasteiger partial charge on any atom is -0.395 e. The number of rotatable bonds is 24. The molecule has 3 aliphatic heterocycles. The number of imide groups is 1. The summed E-state index contributed by atoms with van der Waals surface area (Å²) in [5.74, 6) is -1.45. The van der Waals surface area contributed by atoms with E-state index in [9.17, 15) is 33.9 Å². The van der Waals surface area contributed by atoms with Crippen LogP contribution in [0.5, 0.6) is 0 Å². The molecule has 0 spiro atoms. The molecule has 0 atom stereocenters. The molecule has 0 radical (unpaired) electrons. The van der Waals surface area contributed by atoms with Crippen molar-refractivity contribution in [3.05, 3.63) is 117 Å². The number of carbonyl (C=O) groups is 6. The summed E-state index contributed by atoms with van der Waals surface area (Å²) in [6.07, 6.45) is 9.55. The van der Waals surface area contributed by atoms with Crippen molar-refractivity contribution < 1.29 is 43.3 Å². The largest absolute Gasteiger partial charge is 0.395 e. The fourth-order valence-corrected chi connectivity index (χ4v) is 10.6. The molecule has 21 heteroatoms. The van der Waals surface area contributed by atoms with Crippen LogP contribution in [0.4, 0.5) is 11.4 Å². The molecule has 1 aromatic carbocycles. The molecule has 6 heterocycles. The standard InChI is InChI=1S/C52H58N10O9S2/c1-2-19-60(22-23-63)48(66)35-28-34-9-10-37(31-40(34)59-41(53)30-35)52(14-15-52)51(69)58-38-29-36-33-61(20-11-39(36)57-32-38)45(65)13-24-70-26-27-71-25-18-54-42(64)12-21-62-49(67)46(72-43-7-3-5-16-55-43)47(50(62)68)73-44-8-4-6-17-56-44/h3-10,16-17,28-29,31-32,63H,2,11-15,18-27,30,33H2,1H3,(H2,53,59)(H,54,64)(H,58,69). The zero-order chi connectivity index (χ0) is 51.3. The second-order valence-corrected chi connectivity index (χ2v) is 19.8. The Labute approximate surface area is 431 Å². The number of aliphatic hydroxyl groups is 1. The van der Waals surface area contributed by atoms with Gasteiger partial charge in [-0.1, -0.05) is 54.7 Å². The fraction of sp³-hybridized carbons (Fsp3) is 0.385. The van der Waals surface area contributed by atoms with Crippen LogP contribution in [0, 0.1) is 0 Å². The Morgan fingerprint density at radius 3 is 2.25 bits per heavy atom. The van der Waals surface area contributed by atoms with Gasteiger partial charge in [-0.15, -0.1) is 0 Å². The maximum atomic E-state index is 13.9. The zero-order valence-electron chi connectivity index (χ0n) is 40.5. The van der Waals surface area contributed by atoms with Gasteiger partial charge in [-0.05, 0) is 72.9 Å². The van der Waals surface area contributed by atoms with Crippen LogP contribution in [0.2, 0.25) is 0 Å². The minimum absolute atomic E-state index is 0.0681. The molecule has 6 amide bonds. The topological polar surface area (TPSA) is 252 Å². The molecule has 1 fully saturated rings. The monoisotopic (exact) mass is 1030 g/mol. The van der Waals surface area contributed by atoms with Crippen LogP contribution in [-0.4, -0.2) is 142 Å². The molecular formula is C52H58N10O9S2. The zero-order valence-corrected chi connectivity index (χ0v) is 42.2. The smallest absolute Gasteiger partial charge is 0.268 e. The van der Waals surface area contributed by atoms with Gasteiger partial charge in [-0.3, -0.25) is 38.7 Å². The SMILES string of the molecule is CCCN(CCO)C(=O)C1=Cc2ccc(C3(C(=O)Nc4cnc5c(c4)CN(C(=O)CCOCCOCCNC(=O)CCN4C(=O)C(Sc6ccccn6)=C(Sc6ccccn6)C4=O)CC5)CC3)cc2N=C(N)C1. The number of aromatic nitrogens is 3. The number of carbonyl (C=O) groups excluding carboxylic acids is 6. The first-order valence-electron chi connectivity index (χ1n) is 24.3. The highest BCUT2D eigenvalue weighted by Crippen LogP contribution is 2.50. The Balaban J connectivity index is 0.731. The Hall–Kier alpha value is -6.78. The molecule has 0 bridgehead atoms.